The first-order valence-electron chi connectivity index (χ1n) is 14.5. The predicted octanol–water partition coefficient (Wildman–Crippen LogP) is 4.56. The van der Waals surface area contributed by atoms with Crippen molar-refractivity contribution in [1.82, 2.24) is 8.61 Å². The first-order valence-corrected chi connectivity index (χ1v) is 17.3. The molecule has 0 aromatic heterocycles. The fourth-order valence-electron chi connectivity index (χ4n) is 5.12. The standard InChI is InChI=1S/C29H40N4O6S2/c34-28(30-24-12-16-26(17-13-24)40(36,37)32-20-6-7-21-32)10-4-2-1-3-5-11-29(35)31-25-14-18-27(19-15-25)41(38,39)33-22-8-9-23-33/h12-19H,1-11,20-23H2,(H,30,34)(H,31,35). The molecule has 2 heterocycles. The smallest absolute Gasteiger partial charge is 0.243 e. The summed E-state index contributed by atoms with van der Waals surface area (Å²) in [6.45, 7) is 2.21. The first-order chi connectivity index (χ1) is 19.7. The molecule has 41 heavy (non-hydrogen) atoms. The van der Waals surface area contributed by atoms with Gasteiger partial charge < -0.3 is 10.6 Å². The summed E-state index contributed by atoms with van der Waals surface area (Å²) >= 11 is 0. The van der Waals surface area contributed by atoms with Gasteiger partial charge in [0.1, 0.15) is 0 Å². The third kappa shape index (κ3) is 8.60. The Hall–Kier alpha value is -2.80. The first kappa shape index (κ1) is 31.1. The van der Waals surface area contributed by atoms with Crippen molar-refractivity contribution in [2.75, 3.05) is 36.8 Å². The molecular weight excluding hydrogens is 564 g/mol. The highest BCUT2D eigenvalue weighted by Gasteiger charge is 2.28. The van der Waals surface area contributed by atoms with Crippen molar-refractivity contribution < 1.29 is 26.4 Å². The van der Waals surface area contributed by atoms with Crippen molar-refractivity contribution in [2.24, 2.45) is 0 Å². The zero-order chi connectivity index (χ0) is 29.3. The molecule has 0 bridgehead atoms. The lowest BCUT2D eigenvalue weighted by Gasteiger charge is -2.15. The highest BCUT2D eigenvalue weighted by atomic mass is 32.2. The summed E-state index contributed by atoms with van der Waals surface area (Å²) in [7, 11) is -6.93. The lowest BCUT2D eigenvalue weighted by Crippen LogP contribution is -2.27. The largest absolute Gasteiger partial charge is 0.326 e. The van der Waals surface area contributed by atoms with E-state index in [1.165, 1.54) is 32.9 Å². The highest BCUT2D eigenvalue weighted by Crippen LogP contribution is 2.24. The van der Waals surface area contributed by atoms with E-state index < -0.39 is 20.0 Å². The van der Waals surface area contributed by atoms with Gasteiger partial charge in [0.05, 0.1) is 9.79 Å². The Labute approximate surface area is 243 Å². The molecule has 2 aromatic rings. The lowest BCUT2D eigenvalue weighted by atomic mass is 10.1. The van der Waals surface area contributed by atoms with E-state index in [1.54, 1.807) is 24.3 Å². The monoisotopic (exact) mass is 604 g/mol. The number of rotatable bonds is 14. The number of carbonyl (C=O) groups is 2. The zero-order valence-corrected chi connectivity index (χ0v) is 25.0. The van der Waals surface area contributed by atoms with Crippen LogP contribution in [0.1, 0.15) is 70.6 Å². The van der Waals surface area contributed by atoms with Crippen molar-refractivity contribution in [3.8, 4) is 0 Å². The number of nitrogens with one attached hydrogen (secondary N) is 2. The number of unbranched alkanes of at least 4 members (excludes halogenated alkanes) is 4. The molecule has 12 heteroatoms. The molecule has 0 spiro atoms. The Bertz CT molecular complexity index is 1270. The molecule has 2 fully saturated rings. The fourth-order valence-corrected chi connectivity index (χ4v) is 8.16. The third-order valence-corrected chi connectivity index (χ3v) is 11.3. The van der Waals surface area contributed by atoms with Crippen LogP contribution in [0.15, 0.2) is 58.3 Å². The Kier molecular flexibility index (Phi) is 10.9. The number of amides is 2. The van der Waals surface area contributed by atoms with E-state index in [9.17, 15) is 26.4 Å². The van der Waals surface area contributed by atoms with Crippen LogP contribution in [0.25, 0.3) is 0 Å². The van der Waals surface area contributed by atoms with Crippen LogP contribution in [0.4, 0.5) is 11.4 Å². The van der Waals surface area contributed by atoms with Gasteiger partial charge in [-0.25, -0.2) is 16.8 Å². The summed E-state index contributed by atoms with van der Waals surface area (Å²) in [4.78, 5) is 25.0. The highest BCUT2D eigenvalue weighted by molar-refractivity contribution is 7.89. The summed E-state index contributed by atoms with van der Waals surface area (Å²) in [6, 6.07) is 12.6. The number of carbonyl (C=O) groups excluding carboxylic acids is 2. The molecule has 2 aliphatic heterocycles. The molecule has 4 rings (SSSR count). The number of hydrogen-bond donors (Lipinski definition) is 2. The van der Waals surface area contributed by atoms with E-state index in [4.69, 9.17) is 0 Å². The van der Waals surface area contributed by atoms with Crippen molar-refractivity contribution >= 4 is 43.2 Å². The number of anilines is 2. The van der Waals surface area contributed by atoms with Gasteiger partial charge in [0.2, 0.25) is 31.9 Å². The molecule has 224 valence electrons. The molecule has 10 nitrogen and oxygen atoms in total. The van der Waals surface area contributed by atoms with Gasteiger partial charge in [0, 0.05) is 50.4 Å². The Morgan fingerprint density at radius 3 is 1.20 bits per heavy atom. The van der Waals surface area contributed by atoms with Crippen molar-refractivity contribution in [1.29, 1.82) is 0 Å². The summed E-state index contributed by atoms with van der Waals surface area (Å²) in [6.07, 6.45) is 8.38. The normalized spacial score (nSPS) is 16.6. The van der Waals surface area contributed by atoms with Gasteiger partial charge in [0.25, 0.3) is 0 Å². The molecule has 2 amide bonds. The van der Waals surface area contributed by atoms with Gasteiger partial charge in [-0.15, -0.1) is 0 Å². The SMILES string of the molecule is O=C(CCCCCCCC(=O)Nc1ccc(S(=O)(=O)N2CCCC2)cc1)Nc1ccc(S(=O)(=O)N2CCCC2)cc1. The maximum Gasteiger partial charge on any atom is 0.243 e. The van der Waals surface area contributed by atoms with Crippen LogP contribution in [0, 0.1) is 0 Å². The second kappa shape index (κ2) is 14.4. The second-order valence-electron chi connectivity index (χ2n) is 10.6. The second-order valence-corrected chi connectivity index (χ2v) is 14.5. The van der Waals surface area contributed by atoms with E-state index in [0.29, 0.717) is 50.4 Å². The molecule has 2 aromatic carbocycles. The maximum atomic E-state index is 12.6. The van der Waals surface area contributed by atoms with Crippen molar-refractivity contribution in [2.45, 2.75) is 80.4 Å². The molecular formula is C29H40N4O6S2. The lowest BCUT2D eigenvalue weighted by molar-refractivity contribution is -0.117. The van der Waals surface area contributed by atoms with Crippen LogP contribution in [0.5, 0.6) is 0 Å². The van der Waals surface area contributed by atoms with Crippen LogP contribution in [0.3, 0.4) is 0 Å². The minimum atomic E-state index is -3.47. The molecule has 2 aliphatic rings. The number of sulfonamides is 2. The molecule has 2 N–H and O–H groups in total. The molecule has 2 saturated heterocycles. The summed E-state index contributed by atoms with van der Waals surface area (Å²) in [5, 5.41) is 5.64. The van der Waals surface area contributed by atoms with Gasteiger partial charge in [-0.2, -0.15) is 8.61 Å². The number of hydrogen-bond acceptors (Lipinski definition) is 6. The van der Waals surface area contributed by atoms with Gasteiger partial charge in [-0.05, 0) is 87.1 Å². The molecule has 0 saturated carbocycles. The van der Waals surface area contributed by atoms with Gasteiger partial charge in [0.15, 0.2) is 0 Å². The Balaban J connectivity index is 1.07. The molecule has 0 aliphatic carbocycles. The van der Waals surface area contributed by atoms with Crippen LogP contribution in [-0.4, -0.2) is 63.4 Å². The molecule has 0 radical (unpaired) electrons. The van der Waals surface area contributed by atoms with Gasteiger partial charge in [-0.1, -0.05) is 19.3 Å². The quantitative estimate of drug-likeness (QED) is 0.304. The molecule has 0 unspecified atom stereocenters. The summed E-state index contributed by atoms with van der Waals surface area (Å²) < 4.78 is 53.4. The fraction of sp³-hybridized carbons (Fsp3) is 0.517. The molecule has 0 atom stereocenters. The number of nitrogens with zero attached hydrogens (tertiary/aromatic N) is 2. The summed E-state index contributed by atoms with van der Waals surface area (Å²) in [5.74, 6) is -0.224. The number of benzene rings is 2. The average Bonchev–Trinajstić information content (AvgIpc) is 3.69. The van der Waals surface area contributed by atoms with E-state index in [2.05, 4.69) is 10.6 Å². The van der Waals surface area contributed by atoms with Crippen molar-refractivity contribution in [3.05, 3.63) is 48.5 Å². The van der Waals surface area contributed by atoms with E-state index in [0.717, 1.165) is 57.8 Å². The van der Waals surface area contributed by atoms with E-state index in [-0.39, 0.29) is 21.6 Å². The Morgan fingerprint density at radius 1 is 0.537 bits per heavy atom. The van der Waals surface area contributed by atoms with Crippen LogP contribution < -0.4 is 10.6 Å². The Morgan fingerprint density at radius 2 is 0.854 bits per heavy atom. The predicted molar refractivity (Wildman–Crippen MR) is 158 cm³/mol. The van der Waals surface area contributed by atoms with Gasteiger partial charge in [-0.3, -0.25) is 9.59 Å². The van der Waals surface area contributed by atoms with Crippen LogP contribution >= 0.6 is 0 Å². The topological polar surface area (TPSA) is 133 Å². The van der Waals surface area contributed by atoms with E-state index >= 15 is 0 Å². The van der Waals surface area contributed by atoms with Crippen LogP contribution in [0.2, 0.25) is 0 Å². The average molecular weight is 605 g/mol. The minimum Gasteiger partial charge on any atom is -0.326 e. The maximum absolute atomic E-state index is 12.6. The van der Waals surface area contributed by atoms with Crippen molar-refractivity contribution in [3.63, 3.8) is 0 Å². The minimum absolute atomic E-state index is 0.112. The van der Waals surface area contributed by atoms with E-state index in [1.807, 2.05) is 0 Å². The summed E-state index contributed by atoms with van der Waals surface area (Å²) in [5.41, 5.74) is 1.15. The van der Waals surface area contributed by atoms with Crippen LogP contribution in [-0.2, 0) is 29.6 Å². The zero-order valence-electron chi connectivity index (χ0n) is 23.4. The third-order valence-electron chi connectivity index (χ3n) is 7.49. The van der Waals surface area contributed by atoms with Gasteiger partial charge >= 0.3 is 0 Å².